The van der Waals surface area contributed by atoms with Gasteiger partial charge in [-0.2, -0.15) is 0 Å². The van der Waals surface area contributed by atoms with E-state index in [0.717, 1.165) is 19.3 Å². The van der Waals surface area contributed by atoms with Gasteiger partial charge in [0.15, 0.2) is 5.13 Å². The van der Waals surface area contributed by atoms with Gasteiger partial charge in [0.1, 0.15) is 0 Å². The predicted molar refractivity (Wildman–Crippen MR) is 103 cm³/mol. The maximum absolute atomic E-state index is 12.3. The number of carbonyl (C=O) groups is 2. The summed E-state index contributed by atoms with van der Waals surface area (Å²) < 4.78 is 0. The van der Waals surface area contributed by atoms with E-state index in [0.29, 0.717) is 22.4 Å². The first-order valence-electron chi connectivity index (χ1n) is 8.79. The summed E-state index contributed by atoms with van der Waals surface area (Å²) >= 11 is 1.33. The number of aromatic nitrogens is 1. The molecule has 0 saturated heterocycles. The number of hydrogen-bond donors (Lipinski definition) is 2. The lowest BCUT2D eigenvalue weighted by atomic mass is 10.1. The van der Waals surface area contributed by atoms with E-state index in [1.807, 2.05) is 23.6 Å². The molecule has 1 aromatic heterocycles. The molecule has 0 aliphatic heterocycles. The van der Waals surface area contributed by atoms with Crippen molar-refractivity contribution >= 4 is 28.3 Å². The van der Waals surface area contributed by atoms with Crippen LogP contribution in [-0.4, -0.2) is 47.9 Å². The predicted octanol–water partition coefficient (Wildman–Crippen LogP) is 2.54. The maximum atomic E-state index is 12.3. The van der Waals surface area contributed by atoms with Gasteiger partial charge in [-0.1, -0.05) is 18.2 Å². The number of benzene rings is 1. The second-order valence-electron chi connectivity index (χ2n) is 6.78. The smallest absolute Gasteiger partial charge is 0.257 e. The molecular formula is C19H24N4O2S. The third-order valence-electron chi connectivity index (χ3n) is 4.64. The Hall–Kier alpha value is -2.25. The maximum Gasteiger partial charge on any atom is 0.257 e. The number of rotatable bonds is 6. The minimum absolute atomic E-state index is 0.0185. The molecule has 26 heavy (non-hydrogen) atoms. The Balaban J connectivity index is 1.53. The van der Waals surface area contributed by atoms with E-state index in [2.05, 4.69) is 34.6 Å². The second kappa shape index (κ2) is 8.42. The van der Waals surface area contributed by atoms with Crippen molar-refractivity contribution < 1.29 is 9.59 Å². The van der Waals surface area contributed by atoms with E-state index in [-0.39, 0.29) is 24.3 Å². The van der Waals surface area contributed by atoms with Crippen LogP contribution in [0, 0.1) is 0 Å². The summed E-state index contributed by atoms with van der Waals surface area (Å²) in [6.45, 7) is 0. The third kappa shape index (κ3) is 4.68. The Kier molecular flexibility index (Phi) is 6.00. The largest absolute Gasteiger partial charge is 0.351 e. The number of amides is 2. The molecule has 1 aliphatic carbocycles. The van der Waals surface area contributed by atoms with Gasteiger partial charge in [-0.3, -0.25) is 14.9 Å². The lowest BCUT2D eigenvalue weighted by Crippen LogP contribution is -2.46. The average molecular weight is 372 g/mol. The molecule has 0 radical (unpaired) electrons. The Morgan fingerprint density at radius 2 is 2.00 bits per heavy atom. The van der Waals surface area contributed by atoms with Gasteiger partial charge in [0.25, 0.3) is 5.91 Å². The Bertz CT molecular complexity index is 760. The average Bonchev–Trinajstić information content (AvgIpc) is 3.25. The zero-order chi connectivity index (χ0) is 18.5. The quantitative estimate of drug-likeness (QED) is 0.817. The van der Waals surface area contributed by atoms with Crippen LogP contribution in [0.2, 0.25) is 0 Å². The van der Waals surface area contributed by atoms with Crippen LogP contribution in [0.5, 0.6) is 0 Å². The van der Waals surface area contributed by atoms with Crippen molar-refractivity contribution in [1.29, 1.82) is 0 Å². The first-order chi connectivity index (χ1) is 12.5. The fourth-order valence-electron chi connectivity index (χ4n) is 3.35. The topological polar surface area (TPSA) is 74.3 Å². The van der Waals surface area contributed by atoms with Gasteiger partial charge in [-0.15, -0.1) is 11.3 Å². The van der Waals surface area contributed by atoms with Gasteiger partial charge in [0.2, 0.25) is 5.91 Å². The van der Waals surface area contributed by atoms with Crippen LogP contribution in [0.4, 0.5) is 5.13 Å². The Morgan fingerprint density at radius 1 is 1.23 bits per heavy atom. The number of nitrogens with one attached hydrogen (secondary N) is 2. The monoisotopic (exact) mass is 372 g/mol. The van der Waals surface area contributed by atoms with Gasteiger partial charge < -0.3 is 10.2 Å². The highest BCUT2D eigenvalue weighted by molar-refractivity contribution is 7.14. The number of thiazole rings is 1. The molecule has 0 bridgehead atoms. The summed E-state index contributed by atoms with van der Waals surface area (Å²) in [5.41, 5.74) is 1.26. The Morgan fingerprint density at radius 3 is 2.73 bits per heavy atom. The standard InChI is InChI=1S/C19H24N4O2S/c1-23(2)16-10-6-9-15(16)21-17(24)11-14-12-26-19(20-14)22-18(25)13-7-4-3-5-8-13/h3-5,7-8,12,15-16H,6,9-11H2,1-2H3,(H,21,24)(H,20,22,25). The van der Waals surface area contributed by atoms with Crippen LogP contribution < -0.4 is 10.6 Å². The van der Waals surface area contributed by atoms with E-state index in [1.54, 1.807) is 12.1 Å². The highest BCUT2D eigenvalue weighted by Crippen LogP contribution is 2.23. The molecular weight excluding hydrogens is 348 g/mol. The zero-order valence-corrected chi connectivity index (χ0v) is 15.9. The van der Waals surface area contributed by atoms with Crippen molar-refractivity contribution in [2.24, 2.45) is 0 Å². The van der Waals surface area contributed by atoms with E-state index in [9.17, 15) is 9.59 Å². The van der Waals surface area contributed by atoms with Crippen LogP contribution >= 0.6 is 11.3 Å². The summed E-state index contributed by atoms with van der Waals surface area (Å²) in [5, 5.41) is 8.23. The molecule has 1 heterocycles. The molecule has 3 rings (SSSR count). The number of anilines is 1. The molecule has 2 amide bonds. The molecule has 1 fully saturated rings. The summed E-state index contributed by atoms with van der Waals surface area (Å²) in [5.74, 6) is -0.217. The number of likely N-dealkylation sites (N-methyl/N-ethyl adjacent to an activating group) is 1. The Labute approximate surface area is 157 Å². The van der Waals surface area contributed by atoms with E-state index in [4.69, 9.17) is 0 Å². The van der Waals surface area contributed by atoms with Crippen molar-refractivity contribution in [1.82, 2.24) is 15.2 Å². The fraction of sp³-hybridized carbons (Fsp3) is 0.421. The number of carbonyl (C=O) groups excluding carboxylic acids is 2. The minimum atomic E-state index is -0.198. The van der Waals surface area contributed by atoms with Gasteiger partial charge >= 0.3 is 0 Å². The molecule has 1 aliphatic rings. The summed E-state index contributed by atoms with van der Waals surface area (Å²) in [7, 11) is 4.11. The van der Waals surface area contributed by atoms with Gasteiger partial charge in [0.05, 0.1) is 12.1 Å². The van der Waals surface area contributed by atoms with E-state index >= 15 is 0 Å². The molecule has 2 aromatic rings. The molecule has 2 unspecified atom stereocenters. The fourth-order valence-corrected chi connectivity index (χ4v) is 4.06. The lowest BCUT2D eigenvalue weighted by Gasteiger charge is -2.26. The van der Waals surface area contributed by atoms with Gasteiger partial charge in [0, 0.05) is 23.0 Å². The molecule has 6 nitrogen and oxygen atoms in total. The minimum Gasteiger partial charge on any atom is -0.351 e. The number of nitrogens with zero attached hydrogens (tertiary/aromatic N) is 2. The van der Waals surface area contributed by atoms with Crippen molar-refractivity contribution in [3.63, 3.8) is 0 Å². The van der Waals surface area contributed by atoms with Crippen molar-refractivity contribution in [3.05, 3.63) is 47.0 Å². The normalized spacial score (nSPS) is 19.5. The third-order valence-corrected chi connectivity index (χ3v) is 5.45. The van der Waals surface area contributed by atoms with E-state index < -0.39 is 0 Å². The van der Waals surface area contributed by atoms with Gasteiger partial charge in [-0.25, -0.2) is 4.98 Å². The summed E-state index contributed by atoms with van der Waals surface area (Å²) in [4.78, 5) is 31.0. The van der Waals surface area contributed by atoms with Crippen molar-refractivity contribution in [2.75, 3.05) is 19.4 Å². The SMILES string of the molecule is CN(C)C1CCCC1NC(=O)Cc1csc(NC(=O)c2ccccc2)n1. The van der Waals surface area contributed by atoms with Crippen LogP contribution in [0.1, 0.15) is 35.3 Å². The number of hydrogen-bond acceptors (Lipinski definition) is 5. The highest BCUT2D eigenvalue weighted by atomic mass is 32.1. The second-order valence-corrected chi connectivity index (χ2v) is 7.63. The molecule has 1 aromatic carbocycles. The van der Waals surface area contributed by atoms with Crippen LogP contribution in [-0.2, 0) is 11.2 Å². The molecule has 2 atom stereocenters. The summed E-state index contributed by atoms with van der Waals surface area (Å²) in [6, 6.07) is 9.60. The van der Waals surface area contributed by atoms with Gasteiger partial charge in [-0.05, 0) is 45.5 Å². The van der Waals surface area contributed by atoms with Crippen LogP contribution in [0.25, 0.3) is 0 Å². The summed E-state index contributed by atoms with van der Waals surface area (Å²) in [6.07, 6.45) is 3.50. The molecule has 1 saturated carbocycles. The van der Waals surface area contributed by atoms with Crippen molar-refractivity contribution in [3.8, 4) is 0 Å². The molecule has 7 heteroatoms. The van der Waals surface area contributed by atoms with Crippen LogP contribution in [0.3, 0.4) is 0 Å². The van der Waals surface area contributed by atoms with Crippen LogP contribution in [0.15, 0.2) is 35.7 Å². The van der Waals surface area contributed by atoms with E-state index in [1.165, 1.54) is 11.3 Å². The highest BCUT2D eigenvalue weighted by Gasteiger charge is 2.30. The molecule has 138 valence electrons. The molecule has 0 spiro atoms. The zero-order valence-electron chi connectivity index (χ0n) is 15.1. The molecule has 2 N–H and O–H groups in total. The van der Waals surface area contributed by atoms with Crippen molar-refractivity contribution in [2.45, 2.75) is 37.8 Å². The first-order valence-corrected chi connectivity index (χ1v) is 9.67. The lowest BCUT2D eigenvalue weighted by molar-refractivity contribution is -0.121. The first kappa shape index (κ1) is 18.5.